The highest BCUT2D eigenvalue weighted by molar-refractivity contribution is 4.81. The lowest BCUT2D eigenvalue weighted by atomic mass is 10.1. The normalized spacial score (nSPS) is 12.0. The SMILES string of the molecule is CCc1ncn(CC(C)(C)OC)n1. The molecule has 0 unspecified atom stereocenters. The van der Waals surface area contributed by atoms with Gasteiger partial charge in [-0.2, -0.15) is 5.10 Å². The molecule has 0 aliphatic heterocycles. The summed E-state index contributed by atoms with van der Waals surface area (Å²) in [6.07, 6.45) is 2.63. The topological polar surface area (TPSA) is 39.9 Å². The third-order valence-corrected chi connectivity index (χ3v) is 2.00. The van der Waals surface area contributed by atoms with E-state index in [-0.39, 0.29) is 5.60 Å². The zero-order valence-corrected chi connectivity index (χ0v) is 8.74. The first-order valence-corrected chi connectivity index (χ1v) is 4.51. The fourth-order valence-electron chi connectivity index (χ4n) is 1.03. The van der Waals surface area contributed by atoms with Crippen LogP contribution in [0, 0.1) is 0 Å². The van der Waals surface area contributed by atoms with Gasteiger partial charge in [0, 0.05) is 13.5 Å². The summed E-state index contributed by atoms with van der Waals surface area (Å²) in [5, 5.41) is 4.29. The Labute approximate surface area is 78.9 Å². The monoisotopic (exact) mass is 183 g/mol. The number of aryl methyl sites for hydroxylation is 1. The van der Waals surface area contributed by atoms with E-state index in [0.717, 1.165) is 18.8 Å². The average molecular weight is 183 g/mol. The van der Waals surface area contributed by atoms with Crippen LogP contribution in [-0.2, 0) is 17.7 Å². The average Bonchev–Trinajstić information content (AvgIpc) is 2.52. The Hall–Kier alpha value is -0.900. The van der Waals surface area contributed by atoms with Gasteiger partial charge >= 0.3 is 0 Å². The highest BCUT2D eigenvalue weighted by atomic mass is 16.5. The molecule has 4 heteroatoms. The minimum atomic E-state index is -0.182. The molecule has 0 bridgehead atoms. The molecular weight excluding hydrogens is 166 g/mol. The second-order valence-corrected chi connectivity index (χ2v) is 3.68. The van der Waals surface area contributed by atoms with E-state index in [1.807, 2.05) is 25.5 Å². The van der Waals surface area contributed by atoms with Crippen molar-refractivity contribution in [3.05, 3.63) is 12.2 Å². The summed E-state index contributed by atoms with van der Waals surface area (Å²) in [6.45, 7) is 6.83. The Kier molecular flexibility index (Phi) is 3.03. The van der Waals surface area contributed by atoms with Crippen LogP contribution in [0.15, 0.2) is 6.33 Å². The standard InChI is InChI=1S/C9H17N3O/c1-5-8-10-7-12(11-8)6-9(2,3)13-4/h7H,5-6H2,1-4H3. The summed E-state index contributed by atoms with van der Waals surface area (Å²) >= 11 is 0. The predicted molar refractivity (Wildman–Crippen MR) is 50.5 cm³/mol. The Morgan fingerprint density at radius 3 is 2.69 bits per heavy atom. The maximum Gasteiger partial charge on any atom is 0.150 e. The van der Waals surface area contributed by atoms with E-state index in [1.54, 1.807) is 13.4 Å². The van der Waals surface area contributed by atoms with Crippen LogP contribution in [-0.4, -0.2) is 27.5 Å². The first-order chi connectivity index (χ1) is 6.07. The zero-order chi connectivity index (χ0) is 9.90. The molecule has 0 atom stereocenters. The third kappa shape index (κ3) is 2.81. The first kappa shape index (κ1) is 10.2. The minimum absolute atomic E-state index is 0.182. The predicted octanol–water partition coefficient (Wildman–Crippen LogP) is 1.27. The number of aromatic nitrogens is 3. The quantitative estimate of drug-likeness (QED) is 0.705. The van der Waals surface area contributed by atoms with Crippen molar-refractivity contribution in [3.8, 4) is 0 Å². The van der Waals surface area contributed by atoms with Crippen molar-refractivity contribution in [2.45, 2.75) is 39.3 Å². The van der Waals surface area contributed by atoms with E-state index < -0.39 is 0 Å². The largest absolute Gasteiger partial charge is 0.377 e. The van der Waals surface area contributed by atoms with Crippen LogP contribution >= 0.6 is 0 Å². The van der Waals surface area contributed by atoms with E-state index in [9.17, 15) is 0 Å². The fourth-order valence-corrected chi connectivity index (χ4v) is 1.03. The lowest BCUT2D eigenvalue weighted by Gasteiger charge is -2.21. The van der Waals surface area contributed by atoms with E-state index >= 15 is 0 Å². The lowest BCUT2D eigenvalue weighted by molar-refractivity contribution is 0.00527. The summed E-state index contributed by atoms with van der Waals surface area (Å²) in [7, 11) is 1.71. The van der Waals surface area contributed by atoms with Gasteiger partial charge in [0.25, 0.3) is 0 Å². The van der Waals surface area contributed by atoms with Gasteiger partial charge in [-0.15, -0.1) is 0 Å². The number of ether oxygens (including phenoxy) is 1. The molecule has 0 aliphatic rings. The zero-order valence-electron chi connectivity index (χ0n) is 8.74. The van der Waals surface area contributed by atoms with Crippen molar-refractivity contribution in [2.75, 3.05) is 7.11 Å². The van der Waals surface area contributed by atoms with Crippen molar-refractivity contribution in [1.82, 2.24) is 14.8 Å². The van der Waals surface area contributed by atoms with Gasteiger partial charge in [0.15, 0.2) is 0 Å². The summed E-state index contributed by atoms with van der Waals surface area (Å²) in [5.41, 5.74) is -0.182. The van der Waals surface area contributed by atoms with Crippen LogP contribution in [0.5, 0.6) is 0 Å². The van der Waals surface area contributed by atoms with Crippen molar-refractivity contribution in [2.24, 2.45) is 0 Å². The molecule has 1 heterocycles. The maximum atomic E-state index is 5.30. The highest BCUT2D eigenvalue weighted by Gasteiger charge is 2.17. The summed E-state index contributed by atoms with van der Waals surface area (Å²) < 4.78 is 7.12. The Morgan fingerprint density at radius 2 is 2.23 bits per heavy atom. The number of hydrogen-bond acceptors (Lipinski definition) is 3. The maximum absolute atomic E-state index is 5.30. The van der Waals surface area contributed by atoms with Gasteiger partial charge < -0.3 is 4.74 Å². The number of hydrogen-bond donors (Lipinski definition) is 0. The van der Waals surface area contributed by atoms with Crippen LogP contribution in [0.25, 0.3) is 0 Å². The molecule has 0 spiro atoms. The van der Waals surface area contributed by atoms with Crippen LogP contribution in [0.2, 0.25) is 0 Å². The van der Waals surface area contributed by atoms with Crippen LogP contribution in [0.1, 0.15) is 26.6 Å². The molecule has 0 N–H and O–H groups in total. The van der Waals surface area contributed by atoms with Crippen molar-refractivity contribution < 1.29 is 4.74 Å². The van der Waals surface area contributed by atoms with Gasteiger partial charge in [-0.05, 0) is 13.8 Å². The molecule has 0 saturated heterocycles. The van der Waals surface area contributed by atoms with E-state index in [1.165, 1.54) is 0 Å². The molecule has 13 heavy (non-hydrogen) atoms. The van der Waals surface area contributed by atoms with E-state index in [4.69, 9.17) is 4.74 Å². The van der Waals surface area contributed by atoms with Crippen molar-refractivity contribution >= 4 is 0 Å². The van der Waals surface area contributed by atoms with Crippen molar-refractivity contribution in [1.29, 1.82) is 0 Å². The van der Waals surface area contributed by atoms with Crippen molar-refractivity contribution in [3.63, 3.8) is 0 Å². The van der Waals surface area contributed by atoms with E-state index in [0.29, 0.717) is 0 Å². The Morgan fingerprint density at radius 1 is 1.54 bits per heavy atom. The first-order valence-electron chi connectivity index (χ1n) is 4.51. The van der Waals surface area contributed by atoms with Gasteiger partial charge in [-0.1, -0.05) is 6.92 Å². The number of methoxy groups -OCH3 is 1. The smallest absolute Gasteiger partial charge is 0.150 e. The molecule has 0 amide bonds. The molecule has 4 nitrogen and oxygen atoms in total. The van der Waals surface area contributed by atoms with E-state index in [2.05, 4.69) is 10.1 Å². The lowest BCUT2D eigenvalue weighted by Crippen LogP contribution is -2.29. The van der Waals surface area contributed by atoms with Gasteiger partial charge in [-0.25, -0.2) is 9.67 Å². The minimum Gasteiger partial charge on any atom is -0.377 e. The summed E-state index contributed by atoms with van der Waals surface area (Å²) in [4.78, 5) is 4.15. The molecule has 0 aliphatic carbocycles. The molecule has 1 rings (SSSR count). The van der Waals surface area contributed by atoms with Gasteiger partial charge in [-0.3, -0.25) is 0 Å². The molecule has 0 fully saturated rings. The van der Waals surface area contributed by atoms with Crippen LogP contribution in [0.3, 0.4) is 0 Å². The molecular formula is C9H17N3O. The fraction of sp³-hybridized carbons (Fsp3) is 0.778. The van der Waals surface area contributed by atoms with Gasteiger partial charge in [0.1, 0.15) is 12.2 Å². The number of rotatable bonds is 4. The molecule has 0 aromatic carbocycles. The van der Waals surface area contributed by atoms with Crippen LogP contribution in [0.4, 0.5) is 0 Å². The molecule has 1 aromatic rings. The molecule has 0 saturated carbocycles. The summed E-state index contributed by atoms with van der Waals surface area (Å²) in [5.74, 6) is 0.881. The van der Waals surface area contributed by atoms with Crippen LogP contribution < -0.4 is 0 Å². The number of nitrogens with zero attached hydrogens (tertiary/aromatic N) is 3. The third-order valence-electron chi connectivity index (χ3n) is 2.00. The summed E-state index contributed by atoms with van der Waals surface area (Å²) in [6, 6.07) is 0. The van der Waals surface area contributed by atoms with Gasteiger partial charge in [0.2, 0.25) is 0 Å². The Balaban J connectivity index is 2.63. The molecule has 74 valence electrons. The van der Waals surface area contributed by atoms with Gasteiger partial charge in [0.05, 0.1) is 12.1 Å². The second-order valence-electron chi connectivity index (χ2n) is 3.68. The highest BCUT2D eigenvalue weighted by Crippen LogP contribution is 2.09. The molecule has 1 aromatic heterocycles. The molecule has 0 radical (unpaired) electrons. The Bertz CT molecular complexity index is 268. The second kappa shape index (κ2) is 3.87.